The minimum Gasteiger partial charge on any atom is -0.467 e. The number of alkyl halides is 3. The van der Waals surface area contributed by atoms with E-state index in [0.717, 1.165) is 12.1 Å². The first-order valence-corrected chi connectivity index (χ1v) is 7.22. The predicted octanol–water partition coefficient (Wildman–Crippen LogP) is 2.55. The zero-order valence-corrected chi connectivity index (χ0v) is 14.0. The maximum Gasteiger partial charge on any atom is 0.417 e. The molecule has 1 aromatic rings. The average molecular weight is 357 g/mol. The van der Waals surface area contributed by atoms with Gasteiger partial charge in [0.2, 0.25) is 0 Å². The fourth-order valence-electron chi connectivity index (χ4n) is 2.53. The number of carbonyl (C=O) groups is 1. The molecule has 1 saturated heterocycles. The van der Waals surface area contributed by atoms with E-state index >= 15 is 0 Å². The molecule has 1 aliphatic rings. The van der Waals surface area contributed by atoms with Crippen LogP contribution in [0.4, 0.5) is 18.9 Å². The molecule has 5 nitrogen and oxygen atoms in total. The van der Waals surface area contributed by atoms with Crippen LogP contribution in [0.25, 0.3) is 0 Å². The number of likely N-dealkylation sites (N-methyl/N-ethyl adjacent to an activating group) is 1. The van der Waals surface area contributed by atoms with Crippen LogP contribution in [0.5, 0.6) is 0 Å². The van der Waals surface area contributed by atoms with E-state index in [1.165, 1.54) is 29.0 Å². The van der Waals surface area contributed by atoms with Crippen LogP contribution in [-0.4, -0.2) is 42.2 Å². The molecule has 1 heterocycles. The number of anilines is 1. The number of benzene rings is 1. The van der Waals surface area contributed by atoms with Crippen LogP contribution in [0.15, 0.2) is 18.2 Å². The first-order chi connectivity index (χ1) is 11.1. The number of methoxy groups -OCH3 is 1. The summed E-state index contributed by atoms with van der Waals surface area (Å²) < 4.78 is 44.1. The second kappa shape index (κ2) is 5.94. The molecule has 0 spiro atoms. The maximum absolute atomic E-state index is 13.1. The van der Waals surface area contributed by atoms with Crippen molar-refractivity contribution in [2.45, 2.75) is 18.6 Å². The van der Waals surface area contributed by atoms with Gasteiger partial charge in [-0.25, -0.2) is 4.79 Å². The molecule has 9 heteroatoms. The zero-order chi connectivity index (χ0) is 18.3. The molecule has 2 rings (SSSR count). The Morgan fingerprint density at radius 1 is 1.46 bits per heavy atom. The van der Waals surface area contributed by atoms with Gasteiger partial charge in [0.25, 0.3) is 0 Å². The summed E-state index contributed by atoms with van der Waals surface area (Å²) in [6.45, 7) is 1.64. The smallest absolute Gasteiger partial charge is 0.417 e. The van der Waals surface area contributed by atoms with E-state index in [4.69, 9.17) is 22.2 Å². The number of halogens is 3. The van der Waals surface area contributed by atoms with E-state index < -0.39 is 28.8 Å². The molecule has 1 aliphatic heterocycles. The van der Waals surface area contributed by atoms with Gasteiger partial charge in [-0.15, -0.1) is 0 Å². The number of nitrogens with zero attached hydrogens (tertiary/aromatic N) is 3. The molecule has 0 bridgehead atoms. The van der Waals surface area contributed by atoms with Gasteiger partial charge in [0.15, 0.2) is 10.7 Å². The molecular weight excluding hydrogens is 343 g/mol. The van der Waals surface area contributed by atoms with Gasteiger partial charge in [0, 0.05) is 12.7 Å². The van der Waals surface area contributed by atoms with Crippen molar-refractivity contribution in [1.29, 1.82) is 5.26 Å². The molecule has 0 aromatic heterocycles. The van der Waals surface area contributed by atoms with Gasteiger partial charge in [-0.05, 0) is 37.3 Å². The minimum absolute atomic E-state index is 0.0399. The Morgan fingerprint density at radius 3 is 2.58 bits per heavy atom. The molecule has 0 radical (unpaired) electrons. The van der Waals surface area contributed by atoms with Crippen LogP contribution < -0.4 is 4.90 Å². The molecule has 0 amide bonds. The lowest BCUT2D eigenvalue weighted by Crippen LogP contribution is -2.49. The Hall–Kier alpha value is -2.34. The van der Waals surface area contributed by atoms with Crippen molar-refractivity contribution in [1.82, 2.24) is 4.90 Å². The average Bonchev–Trinajstić information content (AvgIpc) is 2.78. The van der Waals surface area contributed by atoms with Crippen molar-refractivity contribution in [3.63, 3.8) is 0 Å². The Morgan fingerprint density at radius 2 is 2.08 bits per heavy atom. The monoisotopic (exact) mass is 357 g/mol. The van der Waals surface area contributed by atoms with Gasteiger partial charge in [0.1, 0.15) is 0 Å². The Balaban J connectivity index is 2.49. The Labute approximate surface area is 142 Å². The molecule has 0 saturated carbocycles. The van der Waals surface area contributed by atoms with E-state index in [2.05, 4.69) is 0 Å². The third kappa shape index (κ3) is 2.78. The summed E-state index contributed by atoms with van der Waals surface area (Å²) in [5, 5.41) is 9.06. The highest BCUT2D eigenvalue weighted by molar-refractivity contribution is 7.80. The summed E-state index contributed by atoms with van der Waals surface area (Å²) in [5.74, 6) is -0.542. The van der Waals surface area contributed by atoms with Gasteiger partial charge in [-0.3, -0.25) is 0 Å². The summed E-state index contributed by atoms with van der Waals surface area (Å²) in [6, 6.07) is 4.85. The van der Waals surface area contributed by atoms with Gasteiger partial charge >= 0.3 is 12.1 Å². The van der Waals surface area contributed by atoms with E-state index in [0.29, 0.717) is 0 Å². The van der Waals surface area contributed by atoms with Crippen LogP contribution in [0.2, 0.25) is 0 Å². The summed E-state index contributed by atoms with van der Waals surface area (Å²) >= 11 is 5.26. The maximum atomic E-state index is 13.1. The van der Waals surface area contributed by atoms with Gasteiger partial charge in [-0.1, -0.05) is 0 Å². The van der Waals surface area contributed by atoms with Crippen molar-refractivity contribution in [2.75, 3.05) is 25.6 Å². The quantitative estimate of drug-likeness (QED) is 0.599. The van der Waals surface area contributed by atoms with E-state index in [1.807, 2.05) is 0 Å². The molecule has 24 heavy (non-hydrogen) atoms. The number of carbonyl (C=O) groups excluding carboxylic acids is 1. The van der Waals surface area contributed by atoms with Crippen molar-refractivity contribution < 1.29 is 22.7 Å². The summed E-state index contributed by atoms with van der Waals surface area (Å²) in [6.07, 6.45) is -4.67. The van der Waals surface area contributed by atoms with Crippen molar-refractivity contribution in [3.8, 4) is 6.07 Å². The number of thiocarbonyl (C=S) groups is 1. The predicted molar refractivity (Wildman–Crippen MR) is 84.3 cm³/mol. The van der Waals surface area contributed by atoms with Crippen LogP contribution in [0.3, 0.4) is 0 Å². The molecular formula is C15H14F3N3O2S. The topological polar surface area (TPSA) is 56.6 Å². The fourth-order valence-corrected chi connectivity index (χ4v) is 2.90. The molecule has 1 atom stereocenters. The highest BCUT2D eigenvalue weighted by atomic mass is 32.1. The minimum atomic E-state index is -4.67. The molecule has 1 fully saturated rings. The van der Waals surface area contributed by atoms with Crippen molar-refractivity contribution in [3.05, 3.63) is 29.3 Å². The lowest BCUT2D eigenvalue weighted by molar-refractivity contribution is -0.149. The van der Waals surface area contributed by atoms with Crippen molar-refractivity contribution >= 4 is 29.0 Å². The lowest BCUT2D eigenvalue weighted by atomic mass is 10.0. The van der Waals surface area contributed by atoms with E-state index in [1.54, 1.807) is 14.0 Å². The van der Waals surface area contributed by atoms with Gasteiger partial charge < -0.3 is 14.5 Å². The van der Waals surface area contributed by atoms with Crippen LogP contribution in [0, 0.1) is 11.3 Å². The number of hydrogen-bond donors (Lipinski definition) is 0. The highest BCUT2D eigenvalue weighted by Gasteiger charge is 2.49. The SMILES string of the molecule is COC(=O)[C@]1(C)CN(c2ccc(C#N)c(C(F)(F)F)c2)C(=S)N1C. The summed E-state index contributed by atoms with van der Waals surface area (Å²) in [4.78, 5) is 14.9. The molecule has 0 unspecified atom stereocenters. The first-order valence-electron chi connectivity index (χ1n) is 6.81. The van der Waals surface area contributed by atoms with Crippen LogP contribution in [-0.2, 0) is 15.7 Å². The van der Waals surface area contributed by atoms with Gasteiger partial charge in [0.05, 0.1) is 30.9 Å². The third-order valence-electron chi connectivity index (χ3n) is 4.09. The van der Waals surface area contributed by atoms with Crippen LogP contribution in [0.1, 0.15) is 18.1 Å². The van der Waals surface area contributed by atoms with E-state index in [-0.39, 0.29) is 17.3 Å². The number of nitriles is 1. The second-order valence-corrected chi connectivity index (χ2v) is 5.90. The van der Waals surface area contributed by atoms with Gasteiger partial charge in [-0.2, -0.15) is 18.4 Å². The second-order valence-electron chi connectivity index (χ2n) is 5.53. The Kier molecular flexibility index (Phi) is 4.46. The number of rotatable bonds is 2. The molecule has 0 aliphatic carbocycles. The van der Waals surface area contributed by atoms with Crippen molar-refractivity contribution in [2.24, 2.45) is 0 Å². The highest BCUT2D eigenvalue weighted by Crippen LogP contribution is 2.37. The zero-order valence-electron chi connectivity index (χ0n) is 13.1. The van der Waals surface area contributed by atoms with Crippen LogP contribution >= 0.6 is 12.2 Å². The fraction of sp³-hybridized carbons (Fsp3) is 0.400. The lowest BCUT2D eigenvalue weighted by Gasteiger charge is -2.27. The molecule has 0 N–H and O–H groups in total. The summed E-state index contributed by atoms with van der Waals surface area (Å²) in [7, 11) is 2.81. The molecule has 1 aromatic carbocycles. The number of hydrogen-bond acceptors (Lipinski definition) is 4. The normalized spacial score (nSPS) is 21.0. The first kappa shape index (κ1) is 18.0. The standard InChI is InChI=1S/C15H14F3N3O2S/c1-14(12(22)23-3)8-21(13(24)20(14)2)10-5-4-9(7-19)11(6-10)15(16,17)18/h4-6H,8H2,1-3H3/t14-/m0/s1. The molecule has 128 valence electrons. The third-order valence-corrected chi connectivity index (χ3v) is 4.58. The number of esters is 1. The largest absolute Gasteiger partial charge is 0.467 e. The number of ether oxygens (including phenoxy) is 1. The summed E-state index contributed by atoms with van der Waals surface area (Å²) in [5.41, 5.74) is -2.47. The van der Waals surface area contributed by atoms with E-state index in [9.17, 15) is 18.0 Å². The Bertz CT molecular complexity index is 744.